The molecule has 172 valence electrons. The van der Waals surface area contributed by atoms with E-state index >= 15 is 0 Å². The molecule has 0 aromatic heterocycles. The number of hydrogen-bond donors (Lipinski definition) is 2. The molecule has 3 fully saturated rings. The molecule has 29 heavy (non-hydrogen) atoms. The van der Waals surface area contributed by atoms with Crippen molar-refractivity contribution in [3.8, 4) is 0 Å². The second-order valence-corrected chi connectivity index (χ2v) is 8.40. The summed E-state index contributed by atoms with van der Waals surface area (Å²) in [5.41, 5.74) is -0.0208. The minimum atomic E-state index is -0.0208. The fourth-order valence-corrected chi connectivity index (χ4v) is 3.26. The quantitative estimate of drug-likeness (QED) is 0.651. The molecule has 2 saturated heterocycles. The van der Waals surface area contributed by atoms with Crippen LogP contribution >= 0.6 is 0 Å². The van der Waals surface area contributed by atoms with Crippen LogP contribution in [0.25, 0.3) is 0 Å². The van der Waals surface area contributed by atoms with Crippen molar-refractivity contribution < 1.29 is 14.3 Å². The molecule has 0 spiro atoms. The summed E-state index contributed by atoms with van der Waals surface area (Å²) < 4.78 is 5.13. The van der Waals surface area contributed by atoms with E-state index in [2.05, 4.69) is 34.5 Å². The minimum Gasteiger partial charge on any atom is -0.382 e. The molecule has 2 aliphatic heterocycles. The number of carbonyl (C=O) groups is 2. The number of ether oxygens (including phenoxy) is 1. The number of amides is 2. The van der Waals surface area contributed by atoms with Gasteiger partial charge >= 0.3 is 0 Å². The zero-order chi connectivity index (χ0) is 22.3. The van der Waals surface area contributed by atoms with Crippen LogP contribution in [0.5, 0.6) is 0 Å². The average Bonchev–Trinajstić information content (AvgIpc) is 3.05. The van der Waals surface area contributed by atoms with Gasteiger partial charge < -0.3 is 25.2 Å². The van der Waals surface area contributed by atoms with Gasteiger partial charge in [-0.2, -0.15) is 0 Å². The largest absolute Gasteiger partial charge is 0.382 e. The fourth-order valence-electron chi connectivity index (χ4n) is 3.26. The van der Waals surface area contributed by atoms with Gasteiger partial charge in [0, 0.05) is 19.7 Å². The lowest BCUT2D eigenvalue weighted by molar-refractivity contribution is -0.126. The summed E-state index contributed by atoms with van der Waals surface area (Å²) in [6.07, 6.45) is 6.65. The van der Waals surface area contributed by atoms with E-state index in [-0.39, 0.29) is 23.4 Å². The number of methoxy groups -OCH3 is 1. The van der Waals surface area contributed by atoms with Gasteiger partial charge in [-0.05, 0) is 79.7 Å². The molecule has 1 aliphatic carbocycles. The van der Waals surface area contributed by atoms with Crippen LogP contribution in [0.3, 0.4) is 0 Å². The van der Waals surface area contributed by atoms with Crippen LogP contribution < -0.4 is 10.6 Å². The van der Waals surface area contributed by atoms with Crippen molar-refractivity contribution in [1.29, 1.82) is 0 Å². The summed E-state index contributed by atoms with van der Waals surface area (Å²) in [5.74, 6) is 0.401. The zero-order valence-corrected chi connectivity index (χ0v) is 19.9. The number of nitrogens with zero attached hydrogens (tertiary/aromatic N) is 2. The molecule has 1 saturated carbocycles. The Morgan fingerprint density at radius 3 is 2.00 bits per heavy atom. The maximum atomic E-state index is 11.9. The molecule has 2 amide bonds. The number of rotatable bonds is 6. The van der Waals surface area contributed by atoms with Gasteiger partial charge in [-0.1, -0.05) is 13.8 Å². The van der Waals surface area contributed by atoms with Crippen LogP contribution in [0, 0.1) is 5.92 Å². The second-order valence-electron chi connectivity index (χ2n) is 8.40. The highest BCUT2D eigenvalue weighted by Gasteiger charge is 2.45. The van der Waals surface area contributed by atoms with Gasteiger partial charge in [-0.3, -0.25) is 9.59 Å². The zero-order valence-electron chi connectivity index (χ0n) is 19.9. The molecular weight excluding hydrogens is 368 g/mol. The fraction of sp³-hybridized carbons (Fsp3) is 0.909. The molecule has 7 heteroatoms. The first kappa shape index (κ1) is 27.8. The Labute approximate surface area is 178 Å². The number of carbonyl (C=O) groups excluding carboxylic acids is 2. The third kappa shape index (κ3) is 12.9. The number of likely N-dealkylation sites (tertiary alicyclic amines) is 2. The van der Waals surface area contributed by atoms with E-state index in [1.807, 2.05) is 27.7 Å². The lowest BCUT2D eigenvalue weighted by atomic mass is 10.1. The van der Waals surface area contributed by atoms with Crippen molar-refractivity contribution in [3.05, 3.63) is 0 Å². The summed E-state index contributed by atoms with van der Waals surface area (Å²) in [5, 5.41) is 5.67. The first-order valence-corrected chi connectivity index (χ1v) is 11.2. The Balaban J connectivity index is 0.000000464. The third-order valence-corrected chi connectivity index (χ3v) is 5.16. The van der Waals surface area contributed by atoms with Crippen molar-refractivity contribution in [1.82, 2.24) is 20.4 Å². The number of nitrogens with one attached hydrogen (secondary N) is 2. The first-order chi connectivity index (χ1) is 13.8. The van der Waals surface area contributed by atoms with Crippen molar-refractivity contribution in [2.45, 2.75) is 71.4 Å². The molecule has 0 aromatic carbocycles. The summed E-state index contributed by atoms with van der Waals surface area (Å²) in [6, 6.07) is 0.280. The van der Waals surface area contributed by atoms with Crippen molar-refractivity contribution in [2.75, 3.05) is 54.0 Å². The smallest absolute Gasteiger partial charge is 0.224 e. The highest BCUT2D eigenvalue weighted by atomic mass is 16.5. The van der Waals surface area contributed by atoms with Crippen molar-refractivity contribution >= 4 is 12.3 Å². The normalized spacial score (nSPS) is 22.3. The van der Waals surface area contributed by atoms with Crippen LogP contribution in [-0.4, -0.2) is 87.7 Å². The van der Waals surface area contributed by atoms with Gasteiger partial charge in [-0.15, -0.1) is 0 Å². The van der Waals surface area contributed by atoms with Gasteiger partial charge in [0.25, 0.3) is 0 Å². The molecular formula is C22H46N4O3. The van der Waals surface area contributed by atoms with Gasteiger partial charge in [0.05, 0.1) is 18.1 Å². The standard InChI is InChI=1S/C11H20N2O2.C5H11N.C4H9NO.C2H6/c1-13-6-3-9(7-13)10(14)12-11(4-5-11)8-15-2;1-6-4-2-3-5-6;1-4(2)5-3-6;1-2/h9H,3-8H2,1-2H3,(H,12,14);2-5H2,1H3;3-4H,1-2H3,(H,5,6);1-2H3. The van der Waals surface area contributed by atoms with E-state index in [9.17, 15) is 9.59 Å². The van der Waals surface area contributed by atoms with E-state index in [1.54, 1.807) is 7.11 Å². The molecule has 0 bridgehead atoms. The average molecular weight is 415 g/mol. The van der Waals surface area contributed by atoms with E-state index in [1.165, 1.54) is 25.9 Å². The highest BCUT2D eigenvalue weighted by Crippen LogP contribution is 2.36. The van der Waals surface area contributed by atoms with E-state index < -0.39 is 0 Å². The van der Waals surface area contributed by atoms with Gasteiger partial charge in [-0.25, -0.2) is 0 Å². The second kappa shape index (κ2) is 15.6. The molecule has 1 atom stereocenters. The maximum Gasteiger partial charge on any atom is 0.224 e. The van der Waals surface area contributed by atoms with Gasteiger partial charge in [0.15, 0.2) is 0 Å². The lowest BCUT2D eigenvalue weighted by Crippen LogP contribution is -2.43. The van der Waals surface area contributed by atoms with Crippen LogP contribution in [0.15, 0.2) is 0 Å². The first-order valence-electron chi connectivity index (χ1n) is 11.2. The molecule has 3 rings (SSSR count). The summed E-state index contributed by atoms with van der Waals surface area (Å²) in [6.45, 7) is 13.0. The summed E-state index contributed by atoms with van der Waals surface area (Å²) in [4.78, 5) is 26.0. The predicted molar refractivity (Wildman–Crippen MR) is 120 cm³/mol. The minimum absolute atomic E-state index is 0.0208. The molecule has 2 N–H and O–H groups in total. The van der Waals surface area contributed by atoms with Gasteiger partial charge in [0.2, 0.25) is 12.3 Å². The third-order valence-electron chi connectivity index (χ3n) is 5.16. The van der Waals surface area contributed by atoms with Crippen LogP contribution in [0.4, 0.5) is 0 Å². The maximum absolute atomic E-state index is 11.9. The highest BCUT2D eigenvalue weighted by molar-refractivity contribution is 5.80. The number of hydrogen-bond acceptors (Lipinski definition) is 5. The Kier molecular flexibility index (Phi) is 15.0. The van der Waals surface area contributed by atoms with E-state index in [0.717, 1.165) is 32.4 Å². The molecule has 3 aliphatic rings. The summed E-state index contributed by atoms with van der Waals surface area (Å²) in [7, 11) is 5.93. The molecule has 7 nitrogen and oxygen atoms in total. The molecule has 0 radical (unpaired) electrons. The van der Waals surface area contributed by atoms with E-state index in [0.29, 0.717) is 13.0 Å². The monoisotopic (exact) mass is 414 g/mol. The molecule has 1 unspecified atom stereocenters. The predicted octanol–water partition coefficient (Wildman–Crippen LogP) is 2.11. The topological polar surface area (TPSA) is 73.9 Å². The Morgan fingerprint density at radius 2 is 1.72 bits per heavy atom. The van der Waals surface area contributed by atoms with E-state index in [4.69, 9.17) is 4.74 Å². The van der Waals surface area contributed by atoms with Crippen LogP contribution in [0.2, 0.25) is 0 Å². The Morgan fingerprint density at radius 1 is 1.14 bits per heavy atom. The van der Waals surface area contributed by atoms with Crippen LogP contribution in [-0.2, 0) is 14.3 Å². The van der Waals surface area contributed by atoms with Gasteiger partial charge in [0.1, 0.15) is 0 Å². The lowest BCUT2D eigenvalue weighted by Gasteiger charge is -2.19. The Bertz CT molecular complexity index is 436. The Hall–Kier alpha value is -1.18. The van der Waals surface area contributed by atoms with Crippen molar-refractivity contribution in [2.24, 2.45) is 5.92 Å². The SMILES string of the molecule is CC.CC(C)NC=O.CN1CCCC1.COCC1(NC(=O)C2CCN(C)C2)CC1. The summed E-state index contributed by atoms with van der Waals surface area (Å²) >= 11 is 0. The van der Waals surface area contributed by atoms with Crippen molar-refractivity contribution in [3.63, 3.8) is 0 Å². The molecule has 0 aromatic rings. The molecule has 2 heterocycles. The van der Waals surface area contributed by atoms with Crippen LogP contribution in [0.1, 0.15) is 59.8 Å².